The first kappa shape index (κ1) is 81.2. The monoisotopic (exact) mass is 1690 g/mol. The normalized spacial score (nSPS) is 13.4. The van der Waals surface area contributed by atoms with E-state index in [1.54, 1.807) is 31.4 Å². The Morgan fingerprint density at radius 1 is 0.287 bits per heavy atom. The van der Waals surface area contributed by atoms with Crippen LogP contribution >= 0.6 is 15.9 Å². The van der Waals surface area contributed by atoms with Gasteiger partial charge in [0.25, 0.3) is 0 Å². The molecular weight excluding hydrogens is 1610 g/mol. The van der Waals surface area contributed by atoms with E-state index in [0.29, 0.717) is 82.8 Å². The molecule has 0 atom stereocenters. The highest BCUT2D eigenvalue weighted by Crippen LogP contribution is 2.43. The molecule has 0 unspecified atom stereocenters. The van der Waals surface area contributed by atoms with Crippen LogP contribution < -0.4 is 52.1 Å². The molecule has 0 radical (unpaired) electrons. The lowest BCUT2D eigenvalue weighted by molar-refractivity contribution is 0.272. The summed E-state index contributed by atoms with van der Waals surface area (Å²) in [5.41, 5.74) is 16.9. The van der Waals surface area contributed by atoms with Gasteiger partial charge in [0.05, 0.1) is 7.11 Å². The zero-order valence-corrected chi connectivity index (χ0v) is 69.8. The van der Waals surface area contributed by atoms with E-state index in [9.17, 15) is 8.78 Å². The second kappa shape index (κ2) is 35.2. The average molecular weight is 1690 g/mol. The summed E-state index contributed by atoms with van der Waals surface area (Å²) in [5, 5.41) is 4.60. The maximum Gasteiger partial charge on any atom is 0.176 e. The minimum Gasteiger partial charge on any atom is -0.493 e. The molecule has 0 saturated carbocycles. The van der Waals surface area contributed by atoms with E-state index in [0.717, 1.165) is 178 Å². The number of allylic oxidation sites excluding steroid dienone is 10. The fourth-order valence-electron chi connectivity index (χ4n) is 14.5. The first-order chi connectivity index (χ1) is 58.9. The number of fused-ring (bicyclic) bond motifs is 10. The van der Waals surface area contributed by atoms with Gasteiger partial charge >= 0.3 is 0 Å². The van der Waals surface area contributed by atoms with Crippen LogP contribution in [0.5, 0.6) is 63.2 Å². The number of furan rings is 5. The van der Waals surface area contributed by atoms with Gasteiger partial charge in [-0.3, -0.25) is 0 Å². The molecule has 16 nitrogen and oxygen atoms in total. The van der Waals surface area contributed by atoms with Crippen LogP contribution in [0.4, 0.5) is 8.78 Å². The van der Waals surface area contributed by atoms with Gasteiger partial charge in [-0.2, -0.15) is 0 Å². The van der Waals surface area contributed by atoms with Crippen LogP contribution in [0.15, 0.2) is 325 Å². The van der Waals surface area contributed by atoms with Gasteiger partial charge in [-0.1, -0.05) is 60.5 Å². The zero-order valence-electron chi connectivity index (χ0n) is 68.3. The Morgan fingerprint density at radius 2 is 0.566 bits per heavy atom. The van der Waals surface area contributed by atoms with E-state index in [1.165, 1.54) is 29.8 Å². The summed E-state index contributed by atoms with van der Waals surface area (Å²) >= 11 is 3.46. The van der Waals surface area contributed by atoms with Crippen LogP contribution in [0.1, 0.15) is 102 Å². The molecule has 5 aliphatic rings. The third kappa shape index (κ3) is 19.1. The van der Waals surface area contributed by atoms with Crippen molar-refractivity contribution in [2.45, 2.75) is 81.5 Å². The molecule has 5 aromatic heterocycles. The third-order valence-corrected chi connectivity index (χ3v) is 20.7. The van der Waals surface area contributed by atoms with Gasteiger partial charge < -0.3 is 74.2 Å². The van der Waals surface area contributed by atoms with Crippen molar-refractivity contribution in [2.24, 2.45) is 0 Å². The molecular formula is C103H83BrF2O16. The highest BCUT2D eigenvalue weighted by Gasteiger charge is 2.22. The van der Waals surface area contributed by atoms with E-state index in [4.69, 9.17) is 74.2 Å². The van der Waals surface area contributed by atoms with Crippen molar-refractivity contribution < 1.29 is 83.0 Å². The number of ether oxygens (including phenoxy) is 11. The van der Waals surface area contributed by atoms with Crippen molar-refractivity contribution >= 4 is 98.6 Å². The summed E-state index contributed by atoms with van der Waals surface area (Å²) in [6.07, 6.45) is 9.58. The molecule has 0 fully saturated rings. The maximum atomic E-state index is 13.2. The van der Waals surface area contributed by atoms with E-state index in [2.05, 4.69) is 67.9 Å². The van der Waals surface area contributed by atoms with Crippen molar-refractivity contribution in [3.63, 3.8) is 0 Å². The molecule has 19 heteroatoms. The van der Waals surface area contributed by atoms with Gasteiger partial charge in [0, 0.05) is 89.6 Å². The Morgan fingerprint density at radius 3 is 0.893 bits per heavy atom. The number of rotatable bonds is 16. The summed E-state index contributed by atoms with van der Waals surface area (Å²) in [7, 11) is 1.64. The SMILES string of the molecule is C=C1C=C(C)c2ccc(OCc3cc4cc(Br)ccc4o3)cc2O1.C=C1C=C(C)c2ccc(OCc3cc4cc(C)cc(OC)c4o3)cc2O1.C=C1C=C(C)c2ccc(OCc3cc4cc(C)ccc4o3)cc2O1.C=C1C=C(C)c2ccc(OCc3cc4cc(F)ccc4o3)cc2O1.C=C1C=C(C)c2ccc(OCc3cc4cc(F)ccc4o3)cc2O1. The quantitative estimate of drug-likeness (QED) is 0.0895. The van der Waals surface area contributed by atoms with Crippen LogP contribution in [0.2, 0.25) is 0 Å². The van der Waals surface area contributed by atoms with E-state index in [1.807, 2.05) is 218 Å². The molecule has 612 valence electrons. The zero-order chi connectivity index (χ0) is 85.0. The van der Waals surface area contributed by atoms with Gasteiger partial charge in [-0.25, -0.2) is 8.78 Å². The Bertz CT molecular complexity index is 6210. The van der Waals surface area contributed by atoms with Gasteiger partial charge in [0.1, 0.15) is 182 Å². The molecule has 0 spiro atoms. The lowest BCUT2D eigenvalue weighted by Crippen LogP contribution is -2.02. The van der Waals surface area contributed by atoms with Crippen molar-refractivity contribution in [3.05, 3.63) is 382 Å². The van der Waals surface area contributed by atoms with Gasteiger partial charge in [-0.15, -0.1) is 0 Å². The van der Waals surface area contributed by atoms with Crippen molar-refractivity contribution in [1.29, 1.82) is 0 Å². The molecule has 10 aromatic carbocycles. The van der Waals surface area contributed by atoms with Gasteiger partial charge in [0.15, 0.2) is 11.3 Å². The largest absolute Gasteiger partial charge is 0.493 e. The van der Waals surface area contributed by atoms with Gasteiger partial charge in [0.2, 0.25) is 0 Å². The molecule has 122 heavy (non-hydrogen) atoms. The predicted molar refractivity (Wildman–Crippen MR) is 476 cm³/mol. The molecule has 0 bridgehead atoms. The van der Waals surface area contributed by atoms with Crippen LogP contribution in [0.3, 0.4) is 0 Å². The van der Waals surface area contributed by atoms with E-state index < -0.39 is 0 Å². The Kier molecular flexibility index (Phi) is 23.4. The Hall–Kier alpha value is -14.6. The summed E-state index contributed by atoms with van der Waals surface area (Å²) in [4.78, 5) is 0. The molecule has 15 aromatic rings. The molecule has 20 rings (SSSR count). The Labute approximate surface area is 711 Å². The fourth-order valence-corrected chi connectivity index (χ4v) is 14.9. The molecule has 0 aliphatic carbocycles. The maximum absolute atomic E-state index is 13.2. The number of hydrogen-bond donors (Lipinski definition) is 0. The predicted octanol–water partition coefficient (Wildman–Crippen LogP) is 28.3. The second-order valence-corrected chi connectivity index (χ2v) is 30.7. The van der Waals surface area contributed by atoms with Crippen LogP contribution in [0, 0.1) is 25.5 Å². The number of benzene rings is 10. The lowest BCUT2D eigenvalue weighted by Gasteiger charge is -2.18. The molecule has 10 heterocycles. The third-order valence-electron chi connectivity index (χ3n) is 20.2. The Balaban J connectivity index is 0.000000113. The number of hydrogen-bond acceptors (Lipinski definition) is 16. The first-order valence-electron chi connectivity index (χ1n) is 39.1. The van der Waals surface area contributed by atoms with E-state index >= 15 is 0 Å². The minimum atomic E-state index is -0.286. The molecule has 0 amide bonds. The number of methoxy groups -OCH3 is 1. The fraction of sp³-hybridized carbons (Fsp3) is 0.126. The second-order valence-electron chi connectivity index (χ2n) is 29.7. The topological polar surface area (TPSA) is 167 Å². The van der Waals surface area contributed by atoms with Crippen molar-refractivity contribution in [3.8, 4) is 63.2 Å². The summed E-state index contributed by atoms with van der Waals surface area (Å²) in [5.74, 6) is 14.2. The summed E-state index contributed by atoms with van der Waals surface area (Å²) in [6.45, 7) is 35.1. The van der Waals surface area contributed by atoms with E-state index in [-0.39, 0.29) is 24.8 Å². The van der Waals surface area contributed by atoms with Crippen LogP contribution in [0.25, 0.3) is 82.7 Å². The first-order valence-corrected chi connectivity index (χ1v) is 39.9. The highest BCUT2D eigenvalue weighted by atomic mass is 79.9. The molecule has 0 saturated heterocycles. The molecule has 0 N–H and O–H groups in total. The van der Waals surface area contributed by atoms with Crippen molar-refractivity contribution in [1.82, 2.24) is 0 Å². The minimum absolute atomic E-state index is 0.255. The van der Waals surface area contributed by atoms with Crippen LogP contribution in [-0.2, 0) is 33.0 Å². The lowest BCUT2D eigenvalue weighted by atomic mass is 10.0. The number of halogens is 3. The average Bonchev–Trinajstić information content (AvgIpc) is 1.77. The standard InChI is InChI=1S/C22H20O4.C21H18O3.C20H15BrO3.2C20H15FO3/c1-13-7-16-10-18(26-22(16)21(8-13)23-4)12-24-17-5-6-19-14(2)9-15(3)25-20(19)11-17;1-13-4-7-20-16(8-13)10-18(24-20)12-22-17-5-6-19-14(2)9-15(3)23-21(19)11-17;3*1-12-7-13(2)23-20-10-16(4-5-18(12)20)22-11-17-9-14-8-15(21)3-6-19(14)24-17/h5-11H,3,12H2,1-2,4H3;4-11H,3,12H2,1-2H3;3*3-10H,2,11H2,1H3. The summed E-state index contributed by atoms with van der Waals surface area (Å²) < 4.78 is 119. The summed E-state index contributed by atoms with van der Waals surface area (Å²) in [6, 6.07) is 63.3. The number of aryl methyl sites for hydroxylation is 2. The van der Waals surface area contributed by atoms with Crippen LogP contribution in [-0.4, -0.2) is 7.11 Å². The smallest absolute Gasteiger partial charge is 0.176 e. The van der Waals surface area contributed by atoms with Gasteiger partial charge in [-0.05, 0) is 282 Å². The highest BCUT2D eigenvalue weighted by molar-refractivity contribution is 9.10. The molecule has 5 aliphatic heterocycles. The van der Waals surface area contributed by atoms with Crippen molar-refractivity contribution in [2.75, 3.05) is 7.11 Å².